The molecule has 0 radical (unpaired) electrons. The lowest BCUT2D eigenvalue weighted by Crippen LogP contribution is -2.05. The Kier molecular flexibility index (Phi) is 4.76. The number of nitrogens with zero attached hydrogens (tertiary/aromatic N) is 2. The van der Waals surface area contributed by atoms with Gasteiger partial charge in [-0.3, -0.25) is 0 Å². The first-order valence-electron chi connectivity index (χ1n) is 7.37. The normalized spacial score (nSPS) is 11.4. The van der Waals surface area contributed by atoms with Crippen molar-refractivity contribution >= 4 is 27.4 Å². The van der Waals surface area contributed by atoms with E-state index >= 15 is 0 Å². The molecule has 0 bridgehead atoms. The SMILES string of the molecule is Cc1cc(-c2cccc(C(F)(F)F)c2)c(Nc2ccc(Br)cc2)nn1. The zero-order chi connectivity index (χ0) is 18.0. The van der Waals surface area contributed by atoms with Crippen LogP contribution in [0.4, 0.5) is 24.7 Å². The minimum absolute atomic E-state index is 0.396. The predicted molar refractivity (Wildman–Crippen MR) is 94.6 cm³/mol. The fourth-order valence-electron chi connectivity index (χ4n) is 2.33. The largest absolute Gasteiger partial charge is 0.416 e. The molecule has 0 saturated carbocycles. The lowest BCUT2D eigenvalue weighted by Gasteiger charge is -2.13. The Balaban J connectivity index is 2.04. The molecule has 3 aromatic rings. The number of nitrogens with one attached hydrogen (secondary N) is 1. The summed E-state index contributed by atoms with van der Waals surface area (Å²) >= 11 is 3.36. The van der Waals surface area contributed by atoms with E-state index in [2.05, 4.69) is 31.4 Å². The Morgan fingerprint density at radius 3 is 2.36 bits per heavy atom. The summed E-state index contributed by atoms with van der Waals surface area (Å²) in [5.74, 6) is 0.396. The van der Waals surface area contributed by atoms with E-state index in [0.717, 1.165) is 22.3 Å². The maximum Gasteiger partial charge on any atom is 0.416 e. The Labute approximate surface area is 151 Å². The fourth-order valence-corrected chi connectivity index (χ4v) is 2.60. The van der Waals surface area contributed by atoms with Crippen LogP contribution >= 0.6 is 15.9 Å². The average molecular weight is 408 g/mol. The molecule has 0 aliphatic rings. The van der Waals surface area contributed by atoms with Crippen LogP contribution in [0.5, 0.6) is 0 Å². The number of halogens is 4. The third kappa shape index (κ3) is 4.17. The van der Waals surface area contributed by atoms with Gasteiger partial charge in [0.15, 0.2) is 5.82 Å². The van der Waals surface area contributed by atoms with E-state index in [1.807, 2.05) is 24.3 Å². The van der Waals surface area contributed by atoms with E-state index in [-0.39, 0.29) is 0 Å². The van der Waals surface area contributed by atoms with Gasteiger partial charge in [0.05, 0.1) is 11.3 Å². The summed E-state index contributed by atoms with van der Waals surface area (Å²) in [5.41, 5.74) is 1.66. The standard InChI is InChI=1S/C18H13BrF3N3/c1-11-9-16(12-3-2-4-13(10-12)18(20,21)22)17(25-24-11)23-15-7-5-14(19)6-8-15/h2-10H,1H3,(H,23,25). The van der Waals surface area contributed by atoms with Crippen LogP contribution in [-0.4, -0.2) is 10.2 Å². The van der Waals surface area contributed by atoms with Gasteiger partial charge >= 0.3 is 6.18 Å². The van der Waals surface area contributed by atoms with Gasteiger partial charge in [0, 0.05) is 15.7 Å². The molecular weight excluding hydrogens is 395 g/mol. The van der Waals surface area contributed by atoms with Crippen molar-refractivity contribution in [1.29, 1.82) is 0 Å². The van der Waals surface area contributed by atoms with Crippen LogP contribution in [0.1, 0.15) is 11.3 Å². The van der Waals surface area contributed by atoms with Crippen molar-refractivity contribution in [3.8, 4) is 11.1 Å². The van der Waals surface area contributed by atoms with E-state index in [4.69, 9.17) is 0 Å². The Hall–Kier alpha value is -2.41. The van der Waals surface area contributed by atoms with E-state index < -0.39 is 11.7 Å². The van der Waals surface area contributed by atoms with E-state index in [1.165, 1.54) is 6.07 Å². The van der Waals surface area contributed by atoms with E-state index in [0.29, 0.717) is 22.6 Å². The summed E-state index contributed by atoms with van der Waals surface area (Å²) in [5, 5.41) is 11.2. The molecule has 1 heterocycles. The highest BCUT2D eigenvalue weighted by Crippen LogP contribution is 2.34. The molecule has 0 unspecified atom stereocenters. The fraction of sp³-hybridized carbons (Fsp3) is 0.111. The second-order valence-corrected chi connectivity index (χ2v) is 6.37. The van der Waals surface area contributed by atoms with Crippen molar-refractivity contribution in [2.45, 2.75) is 13.1 Å². The zero-order valence-electron chi connectivity index (χ0n) is 13.1. The zero-order valence-corrected chi connectivity index (χ0v) is 14.7. The number of alkyl halides is 3. The topological polar surface area (TPSA) is 37.8 Å². The number of hydrogen-bond acceptors (Lipinski definition) is 3. The molecule has 0 amide bonds. The van der Waals surface area contributed by atoms with Gasteiger partial charge in [-0.2, -0.15) is 18.3 Å². The molecule has 0 aliphatic carbocycles. The number of anilines is 2. The van der Waals surface area contributed by atoms with E-state index in [1.54, 1.807) is 19.1 Å². The Bertz CT molecular complexity index is 893. The number of aromatic nitrogens is 2. The van der Waals surface area contributed by atoms with Crippen molar-refractivity contribution in [3.63, 3.8) is 0 Å². The highest BCUT2D eigenvalue weighted by atomic mass is 79.9. The summed E-state index contributed by atoms with van der Waals surface area (Å²) in [4.78, 5) is 0. The average Bonchev–Trinajstić information content (AvgIpc) is 2.58. The molecule has 2 aromatic carbocycles. The maximum absolute atomic E-state index is 13.0. The highest BCUT2D eigenvalue weighted by molar-refractivity contribution is 9.10. The first kappa shape index (κ1) is 17.4. The van der Waals surface area contributed by atoms with Crippen LogP contribution in [0, 0.1) is 6.92 Å². The number of rotatable bonds is 3. The molecule has 128 valence electrons. The van der Waals surface area contributed by atoms with Gasteiger partial charge in [-0.15, -0.1) is 5.10 Å². The Morgan fingerprint density at radius 2 is 1.68 bits per heavy atom. The quantitative estimate of drug-likeness (QED) is 0.580. The monoisotopic (exact) mass is 407 g/mol. The minimum Gasteiger partial charge on any atom is -0.338 e. The van der Waals surface area contributed by atoms with Crippen LogP contribution in [0.15, 0.2) is 59.1 Å². The molecule has 0 aliphatic heterocycles. The third-order valence-corrected chi connectivity index (χ3v) is 4.05. The molecule has 1 aromatic heterocycles. The lowest BCUT2D eigenvalue weighted by atomic mass is 10.0. The van der Waals surface area contributed by atoms with Gasteiger partial charge < -0.3 is 5.32 Å². The molecule has 0 fully saturated rings. The molecule has 7 heteroatoms. The molecular formula is C18H13BrF3N3. The van der Waals surface area contributed by atoms with Gasteiger partial charge in [-0.05, 0) is 55.0 Å². The minimum atomic E-state index is -4.40. The maximum atomic E-state index is 13.0. The summed E-state index contributed by atoms with van der Waals surface area (Å²) in [6.07, 6.45) is -4.40. The van der Waals surface area contributed by atoms with Gasteiger partial charge in [0.25, 0.3) is 0 Å². The molecule has 0 spiro atoms. The third-order valence-electron chi connectivity index (χ3n) is 3.52. The van der Waals surface area contributed by atoms with Crippen molar-refractivity contribution in [3.05, 3.63) is 70.3 Å². The van der Waals surface area contributed by atoms with Crippen molar-refractivity contribution in [1.82, 2.24) is 10.2 Å². The van der Waals surface area contributed by atoms with Crippen LogP contribution in [0.2, 0.25) is 0 Å². The van der Waals surface area contributed by atoms with Crippen molar-refractivity contribution in [2.75, 3.05) is 5.32 Å². The smallest absolute Gasteiger partial charge is 0.338 e. The molecule has 0 saturated heterocycles. The molecule has 3 nitrogen and oxygen atoms in total. The second kappa shape index (κ2) is 6.84. The van der Waals surface area contributed by atoms with Crippen molar-refractivity contribution in [2.24, 2.45) is 0 Å². The van der Waals surface area contributed by atoms with Crippen molar-refractivity contribution < 1.29 is 13.2 Å². The van der Waals surface area contributed by atoms with Crippen LogP contribution in [0.3, 0.4) is 0 Å². The summed E-state index contributed by atoms with van der Waals surface area (Å²) in [6.45, 7) is 1.74. The van der Waals surface area contributed by atoms with Crippen LogP contribution in [-0.2, 0) is 6.18 Å². The number of benzene rings is 2. The summed E-state index contributed by atoms with van der Waals surface area (Å²) in [7, 11) is 0. The van der Waals surface area contributed by atoms with Gasteiger partial charge in [-0.1, -0.05) is 28.1 Å². The molecule has 25 heavy (non-hydrogen) atoms. The first-order valence-corrected chi connectivity index (χ1v) is 8.17. The first-order chi connectivity index (χ1) is 11.8. The predicted octanol–water partition coefficient (Wildman–Crippen LogP) is 5.98. The Morgan fingerprint density at radius 1 is 0.960 bits per heavy atom. The van der Waals surface area contributed by atoms with Gasteiger partial charge in [0.2, 0.25) is 0 Å². The van der Waals surface area contributed by atoms with Gasteiger partial charge in [0.1, 0.15) is 0 Å². The molecule has 3 rings (SSSR count). The lowest BCUT2D eigenvalue weighted by molar-refractivity contribution is -0.137. The highest BCUT2D eigenvalue weighted by Gasteiger charge is 2.30. The second-order valence-electron chi connectivity index (χ2n) is 5.46. The summed E-state index contributed by atoms with van der Waals surface area (Å²) < 4.78 is 39.9. The molecule has 0 atom stereocenters. The summed E-state index contributed by atoms with van der Waals surface area (Å²) in [6, 6.07) is 14.3. The van der Waals surface area contributed by atoms with Crippen LogP contribution in [0.25, 0.3) is 11.1 Å². The van der Waals surface area contributed by atoms with Crippen LogP contribution < -0.4 is 5.32 Å². The number of aryl methyl sites for hydroxylation is 1. The van der Waals surface area contributed by atoms with Gasteiger partial charge in [-0.25, -0.2) is 0 Å². The molecule has 1 N–H and O–H groups in total. The number of hydrogen-bond donors (Lipinski definition) is 1. The van der Waals surface area contributed by atoms with E-state index in [9.17, 15) is 13.2 Å².